The molecule has 270 valence electrons. The number of rotatable bonds is 37. The Morgan fingerprint density at radius 1 is 0.478 bits per heavy atom. The quantitative estimate of drug-likeness (QED) is 0.0414. The summed E-state index contributed by atoms with van der Waals surface area (Å²) in [5.74, 6) is -0.708. The van der Waals surface area contributed by atoms with Crippen LogP contribution in [0.15, 0.2) is 24.3 Å². The minimum Gasteiger partial charge on any atom is -0.481 e. The van der Waals surface area contributed by atoms with Gasteiger partial charge in [0.25, 0.3) is 0 Å². The molecule has 46 heavy (non-hydrogen) atoms. The van der Waals surface area contributed by atoms with Crippen LogP contribution in [-0.4, -0.2) is 23.1 Å². The van der Waals surface area contributed by atoms with Gasteiger partial charge in [-0.2, -0.15) is 0 Å². The minimum absolute atomic E-state index is 0.00756. The maximum Gasteiger partial charge on any atom is 0.306 e. The average Bonchev–Trinajstić information content (AvgIpc) is 3.04. The summed E-state index contributed by atoms with van der Waals surface area (Å²) in [5.41, 5.74) is 0. The van der Waals surface area contributed by atoms with E-state index in [1.54, 1.807) is 0 Å². The molecule has 0 heterocycles. The lowest BCUT2D eigenvalue weighted by Crippen LogP contribution is -2.18. The van der Waals surface area contributed by atoms with Crippen molar-refractivity contribution in [3.05, 3.63) is 24.3 Å². The van der Waals surface area contributed by atoms with Gasteiger partial charge in [0.1, 0.15) is 6.10 Å². The molecule has 0 bridgehead atoms. The van der Waals surface area contributed by atoms with Crippen LogP contribution in [0, 0.1) is 0 Å². The van der Waals surface area contributed by atoms with Crippen LogP contribution in [0.1, 0.15) is 226 Å². The Bertz CT molecular complexity index is 698. The second-order valence-electron chi connectivity index (χ2n) is 13.8. The van der Waals surface area contributed by atoms with Gasteiger partial charge in [-0.05, 0) is 70.6 Å². The molecule has 4 nitrogen and oxygen atoms in total. The van der Waals surface area contributed by atoms with Crippen LogP contribution in [0.3, 0.4) is 0 Å². The first-order valence-corrected chi connectivity index (χ1v) is 20.3. The van der Waals surface area contributed by atoms with Crippen LogP contribution in [0.25, 0.3) is 0 Å². The molecule has 4 heteroatoms. The molecule has 0 fully saturated rings. The Kier molecular flexibility index (Phi) is 36.6. The number of hydrogen-bond donors (Lipinski definition) is 1. The van der Waals surface area contributed by atoms with Crippen LogP contribution in [-0.2, 0) is 14.3 Å². The van der Waals surface area contributed by atoms with E-state index in [-0.39, 0.29) is 18.5 Å². The van der Waals surface area contributed by atoms with Crippen molar-refractivity contribution in [1.82, 2.24) is 0 Å². The van der Waals surface area contributed by atoms with E-state index in [0.717, 1.165) is 77.0 Å². The molecule has 0 saturated carbocycles. The lowest BCUT2D eigenvalue weighted by molar-refractivity contribution is -0.150. The summed E-state index contributed by atoms with van der Waals surface area (Å²) in [6.07, 6.45) is 47.6. The van der Waals surface area contributed by atoms with Crippen molar-refractivity contribution in [3.63, 3.8) is 0 Å². The van der Waals surface area contributed by atoms with E-state index in [9.17, 15) is 9.59 Å². The monoisotopic (exact) mass is 647 g/mol. The molecule has 0 amide bonds. The second kappa shape index (κ2) is 37.9. The predicted molar refractivity (Wildman–Crippen MR) is 200 cm³/mol. The maximum absolute atomic E-state index is 12.7. The van der Waals surface area contributed by atoms with E-state index in [1.165, 1.54) is 122 Å². The van der Waals surface area contributed by atoms with Gasteiger partial charge in [0.2, 0.25) is 0 Å². The fourth-order valence-corrected chi connectivity index (χ4v) is 6.16. The van der Waals surface area contributed by atoms with Gasteiger partial charge < -0.3 is 9.84 Å². The largest absolute Gasteiger partial charge is 0.481 e. The molecule has 0 aliphatic carbocycles. The number of carbonyl (C=O) groups excluding carboxylic acids is 1. The highest BCUT2D eigenvalue weighted by molar-refractivity contribution is 5.69. The molecule has 0 rings (SSSR count). The lowest BCUT2D eigenvalue weighted by atomic mass is 10.0. The second-order valence-corrected chi connectivity index (χ2v) is 13.8. The zero-order valence-electron chi connectivity index (χ0n) is 30.9. The molecule has 1 N–H and O–H groups in total. The van der Waals surface area contributed by atoms with Crippen molar-refractivity contribution in [2.75, 3.05) is 0 Å². The molecule has 0 saturated heterocycles. The molecule has 1 atom stereocenters. The van der Waals surface area contributed by atoms with Gasteiger partial charge in [-0.15, -0.1) is 0 Å². The van der Waals surface area contributed by atoms with Gasteiger partial charge >= 0.3 is 11.9 Å². The van der Waals surface area contributed by atoms with Crippen molar-refractivity contribution >= 4 is 11.9 Å². The smallest absolute Gasteiger partial charge is 0.306 e. The molecule has 0 aromatic heterocycles. The van der Waals surface area contributed by atoms with Crippen molar-refractivity contribution in [3.8, 4) is 0 Å². The lowest BCUT2D eigenvalue weighted by Gasteiger charge is -2.18. The number of aliphatic carboxylic acids is 1. The van der Waals surface area contributed by atoms with Crippen molar-refractivity contribution in [2.45, 2.75) is 232 Å². The summed E-state index contributed by atoms with van der Waals surface area (Å²) in [5, 5.41) is 8.82. The van der Waals surface area contributed by atoms with Gasteiger partial charge in [-0.3, -0.25) is 9.59 Å². The third kappa shape index (κ3) is 36.9. The number of carbonyl (C=O) groups is 2. The third-order valence-corrected chi connectivity index (χ3v) is 9.18. The molecule has 0 aliphatic rings. The van der Waals surface area contributed by atoms with E-state index in [2.05, 4.69) is 38.2 Å². The van der Waals surface area contributed by atoms with E-state index < -0.39 is 5.97 Å². The number of ether oxygens (including phenoxy) is 1. The molecule has 1 unspecified atom stereocenters. The standard InChI is InChI=1S/C42H78O4/c1-3-5-7-9-11-13-15-17-18-20-22-24-26-31-35-39-42(45)46-40(37-33-29-27-30-34-38-41(43)44)36-32-28-25-23-21-19-16-14-12-10-8-6-4-2/h11,13,17-18,40H,3-10,12,14-16,19-39H2,1-2H3,(H,43,44)/b13-11-,18-17-. The number of allylic oxidation sites excluding steroid dienone is 4. The van der Waals surface area contributed by atoms with E-state index in [4.69, 9.17) is 9.84 Å². The van der Waals surface area contributed by atoms with Gasteiger partial charge in [0.05, 0.1) is 0 Å². The van der Waals surface area contributed by atoms with Crippen molar-refractivity contribution < 1.29 is 19.4 Å². The van der Waals surface area contributed by atoms with Crippen molar-refractivity contribution in [2.24, 2.45) is 0 Å². The molecule has 0 aromatic rings. The summed E-state index contributed by atoms with van der Waals surface area (Å²) in [6, 6.07) is 0. The topological polar surface area (TPSA) is 63.6 Å². The first-order chi connectivity index (χ1) is 22.6. The maximum atomic E-state index is 12.7. The van der Waals surface area contributed by atoms with E-state index in [0.29, 0.717) is 6.42 Å². The highest BCUT2D eigenvalue weighted by atomic mass is 16.5. The van der Waals surface area contributed by atoms with Crippen LogP contribution in [0.2, 0.25) is 0 Å². The molecule has 0 spiro atoms. The predicted octanol–water partition coefficient (Wildman–Crippen LogP) is 14.0. The zero-order valence-corrected chi connectivity index (χ0v) is 30.9. The van der Waals surface area contributed by atoms with Crippen LogP contribution >= 0.6 is 0 Å². The number of carboxylic acids is 1. The average molecular weight is 647 g/mol. The Morgan fingerprint density at radius 3 is 1.33 bits per heavy atom. The fourth-order valence-electron chi connectivity index (χ4n) is 6.16. The summed E-state index contributed by atoms with van der Waals surface area (Å²) in [6.45, 7) is 4.53. The number of esters is 1. The normalized spacial score (nSPS) is 12.4. The Labute approximate surface area is 287 Å². The number of hydrogen-bond acceptors (Lipinski definition) is 3. The minimum atomic E-state index is -0.700. The van der Waals surface area contributed by atoms with Crippen LogP contribution in [0.4, 0.5) is 0 Å². The summed E-state index contributed by atoms with van der Waals surface area (Å²) in [7, 11) is 0. The summed E-state index contributed by atoms with van der Waals surface area (Å²) < 4.78 is 6.00. The summed E-state index contributed by atoms with van der Waals surface area (Å²) >= 11 is 0. The third-order valence-electron chi connectivity index (χ3n) is 9.18. The van der Waals surface area contributed by atoms with Gasteiger partial charge in [0.15, 0.2) is 0 Å². The highest BCUT2D eigenvalue weighted by Gasteiger charge is 2.14. The number of carboxylic acid groups (broad SMARTS) is 1. The first-order valence-electron chi connectivity index (χ1n) is 20.3. The van der Waals surface area contributed by atoms with Crippen LogP contribution in [0.5, 0.6) is 0 Å². The Balaban J connectivity index is 4.05. The Morgan fingerprint density at radius 2 is 0.848 bits per heavy atom. The van der Waals surface area contributed by atoms with Gasteiger partial charge in [-0.1, -0.05) is 167 Å². The Hall–Kier alpha value is -1.58. The summed E-state index contributed by atoms with van der Waals surface area (Å²) in [4.78, 5) is 23.4. The molecular formula is C42H78O4. The SMILES string of the molecule is CCCCC/C=C\C/C=C\CCCCCCCC(=O)OC(CCCCCCCCCCCCCCC)CCCCCCCC(=O)O. The molecular weight excluding hydrogens is 568 g/mol. The molecule has 0 radical (unpaired) electrons. The van der Waals surface area contributed by atoms with Crippen LogP contribution < -0.4 is 0 Å². The van der Waals surface area contributed by atoms with Gasteiger partial charge in [0, 0.05) is 12.8 Å². The first kappa shape index (κ1) is 44.4. The van der Waals surface area contributed by atoms with Crippen molar-refractivity contribution in [1.29, 1.82) is 0 Å². The fraction of sp³-hybridized carbons (Fsp3) is 0.857. The van der Waals surface area contributed by atoms with Gasteiger partial charge in [-0.25, -0.2) is 0 Å². The van der Waals surface area contributed by atoms with E-state index in [1.807, 2.05) is 0 Å². The molecule has 0 aromatic carbocycles. The number of unbranched alkanes of at least 4 members (excludes halogenated alkanes) is 24. The highest BCUT2D eigenvalue weighted by Crippen LogP contribution is 2.19. The zero-order chi connectivity index (χ0) is 33.6. The van der Waals surface area contributed by atoms with E-state index >= 15 is 0 Å². The molecule has 0 aliphatic heterocycles.